The molecular formula is C45H75N3O5. The highest BCUT2D eigenvalue weighted by Crippen LogP contribution is 2.75. The summed E-state index contributed by atoms with van der Waals surface area (Å²) < 4.78 is 0. The third kappa shape index (κ3) is 6.30. The second-order valence-corrected chi connectivity index (χ2v) is 22.8. The molecule has 1 heterocycles. The van der Waals surface area contributed by atoms with E-state index >= 15 is 0 Å². The average molecular weight is 738 g/mol. The molecular weight excluding hydrogens is 663 g/mol. The third-order valence-corrected chi connectivity index (χ3v) is 17.4. The van der Waals surface area contributed by atoms with Gasteiger partial charge in [-0.05, 0) is 156 Å². The number of hydrogen-bond donors (Lipinski definition) is 4. The highest BCUT2D eigenvalue weighted by Gasteiger charge is 2.70. The lowest BCUT2D eigenvalue weighted by Crippen LogP contribution is -2.66. The fraction of sp³-hybridized carbons (Fsp3) is 0.889. The molecule has 10 atom stereocenters. The van der Waals surface area contributed by atoms with Crippen molar-refractivity contribution in [3.63, 3.8) is 0 Å². The number of nitrogens with one attached hydrogen (secondary N) is 2. The molecule has 8 nitrogen and oxygen atoms in total. The van der Waals surface area contributed by atoms with E-state index in [1.165, 1.54) is 10.6 Å². The first kappa shape index (κ1) is 40.9. The van der Waals surface area contributed by atoms with Crippen LogP contribution < -0.4 is 10.6 Å². The molecule has 0 aromatic heterocycles. The van der Waals surface area contributed by atoms with Crippen molar-refractivity contribution in [2.45, 2.75) is 196 Å². The van der Waals surface area contributed by atoms with Gasteiger partial charge in [-0.15, -0.1) is 0 Å². The third-order valence-electron chi connectivity index (χ3n) is 17.4. The first-order valence-electron chi connectivity index (χ1n) is 21.2. The van der Waals surface area contributed by atoms with Crippen LogP contribution in [0.1, 0.15) is 167 Å². The van der Waals surface area contributed by atoms with Crippen molar-refractivity contribution >= 4 is 17.6 Å². The Balaban J connectivity index is 1.26. The molecule has 0 bridgehead atoms. The maximum absolute atomic E-state index is 14.8. The van der Waals surface area contributed by atoms with E-state index in [0.717, 1.165) is 51.4 Å². The normalized spacial score (nSPS) is 44.1. The molecule has 1 saturated heterocycles. The molecule has 0 unspecified atom stereocenters. The van der Waals surface area contributed by atoms with E-state index < -0.39 is 22.5 Å². The Bertz CT molecular complexity index is 1510. The minimum absolute atomic E-state index is 0.0164. The van der Waals surface area contributed by atoms with Crippen molar-refractivity contribution in [1.82, 2.24) is 15.7 Å². The number of rotatable bonds is 6. The summed E-state index contributed by atoms with van der Waals surface area (Å²) in [7, 11) is 0. The van der Waals surface area contributed by atoms with Crippen molar-refractivity contribution in [3.8, 4) is 0 Å². The second-order valence-electron chi connectivity index (χ2n) is 22.8. The van der Waals surface area contributed by atoms with Gasteiger partial charge in [-0.3, -0.25) is 14.4 Å². The fourth-order valence-corrected chi connectivity index (χ4v) is 14.1. The molecule has 0 aromatic rings. The van der Waals surface area contributed by atoms with Gasteiger partial charge in [0.25, 0.3) is 0 Å². The van der Waals surface area contributed by atoms with E-state index in [1.807, 2.05) is 27.7 Å². The number of nitrogens with zero attached hydrogens (tertiary/aromatic N) is 1. The van der Waals surface area contributed by atoms with Crippen molar-refractivity contribution < 1.29 is 24.7 Å². The molecule has 4 N–H and O–H groups in total. The zero-order chi connectivity index (χ0) is 39.5. The highest BCUT2D eigenvalue weighted by molar-refractivity contribution is 5.96. The Hall–Kier alpha value is -1.77. The van der Waals surface area contributed by atoms with E-state index in [4.69, 9.17) is 0 Å². The molecule has 2 amide bonds. The number of amides is 2. The molecule has 53 heavy (non-hydrogen) atoms. The van der Waals surface area contributed by atoms with Crippen LogP contribution in [0, 0.1) is 56.2 Å². The van der Waals surface area contributed by atoms with Crippen molar-refractivity contribution in [3.05, 3.63) is 11.6 Å². The van der Waals surface area contributed by atoms with Gasteiger partial charge >= 0.3 is 0 Å². The monoisotopic (exact) mass is 738 g/mol. The SMILES string of the molecule is CC(C)C[C@H](NC(=O)[C@@]1(C)CC[C@]2(C)CC[C@]3(C)C(=CC(=O)[C@@H]4[C@@]5(C)CC[C@H](O)C(C)(C)[C@@H]5CC[C@]43C)[C@@H]2C1)C(=O)NC1CC(C)(C)N(O)C(C)(C)C1. The van der Waals surface area contributed by atoms with Crippen LogP contribution in [0.2, 0.25) is 0 Å². The van der Waals surface area contributed by atoms with E-state index in [-0.39, 0.29) is 74.6 Å². The van der Waals surface area contributed by atoms with Crippen LogP contribution in [-0.2, 0) is 14.4 Å². The molecule has 300 valence electrons. The van der Waals surface area contributed by atoms with Gasteiger partial charge < -0.3 is 20.9 Å². The van der Waals surface area contributed by atoms with E-state index in [0.29, 0.717) is 31.6 Å². The molecule has 8 heteroatoms. The zero-order valence-corrected chi connectivity index (χ0v) is 35.7. The molecule has 6 rings (SSSR count). The number of carbonyl (C=O) groups is 3. The number of allylic oxidation sites excluding steroid dienone is 2. The van der Waals surface area contributed by atoms with Crippen LogP contribution in [0.4, 0.5) is 0 Å². The molecule has 5 fully saturated rings. The molecule has 5 aliphatic carbocycles. The minimum Gasteiger partial charge on any atom is -0.393 e. The molecule has 0 radical (unpaired) electrons. The molecule has 4 saturated carbocycles. The number of ketones is 1. The topological polar surface area (TPSA) is 119 Å². The fourth-order valence-electron chi connectivity index (χ4n) is 14.1. The molecule has 0 spiro atoms. The number of hydroxylamine groups is 2. The lowest BCUT2D eigenvalue weighted by atomic mass is 9.33. The number of aliphatic hydroxyl groups is 1. The second kappa shape index (κ2) is 12.9. The van der Waals surface area contributed by atoms with Gasteiger partial charge in [0.05, 0.1) is 6.10 Å². The van der Waals surface area contributed by atoms with Crippen molar-refractivity contribution in [2.75, 3.05) is 0 Å². The summed E-state index contributed by atoms with van der Waals surface area (Å²) in [6, 6.07) is -0.761. The van der Waals surface area contributed by atoms with Crippen LogP contribution in [0.25, 0.3) is 0 Å². The molecule has 0 aromatic carbocycles. The number of fused-ring (bicyclic) bond motifs is 7. The number of carbonyl (C=O) groups excluding carboxylic acids is 3. The number of piperidine rings is 1. The van der Waals surface area contributed by atoms with Gasteiger partial charge in [0.2, 0.25) is 11.8 Å². The Kier molecular flexibility index (Phi) is 9.93. The lowest BCUT2D eigenvalue weighted by Gasteiger charge is -2.70. The Labute approximate surface area is 321 Å². The first-order valence-corrected chi connectivity index (χ1v) is 21.2. The van der Waals surface area contributed by atoms with Gasteiger partial charge in [0.15, 0.2) is 5.78 Å². The van der Waals surface area contributed by atoms with E-state index in [2.05, 4.69) is 79.0 Å². The summed E-state index contributed by atoms with van der Waals surface area (Å²) in [5.74, 6) is 0.620. The summed E-state index contributed by atoms with van der Waals surface area (Å²) in [5.41, 5.74) is -1.08. The maximum atomic E-state index is 14.8. The van der Waals surface area contributed by atoms with Crippen LogP contribution >= 0.6 is 0 Å². The van der Waals surface area contributed by atoms with Gasteiger partial charge in [-0.1, -0.05) is 67.9 Å². The highest BCUT2D eigenvalue weighted by atomic mass is 16.5. The number of aliphatic hydroxyl groups excluding tert-OH is 1. The number of hydrogen-bond acceptors (Lipinski definition) is 6. The average Bonchev–Trinajstić information content (AvgIpc) is 3.02. The zero-order valence-electron chi connectivity index (χ0n) is 35.7. The van der Waals surface area contributed by atoms with Crippen molar-refractivity contribution in [1.29, 1.82) is 0 Å². The van der Waals surface area contributed by atoms with Crippen molar-refractivity contribution in [2.24, 2.45) is 56.2 Å². The van der Waals surface area contributed by atoms with E-state index in [1.54, 1.807) is 0 Å². The Morgan fingerprint density at radius 1 is 0.849 bits per heavy atom. The summed E-state index contributed by atoms with van der Waals surface area (Å²) in [5, 5.41) is 29.9. The van der Waals surface area contributed by atoms with Gasteiger partial charge in [0, 0.05) is 28.5 Å². The molecule has 6 aliphatic rings. The minimum atomic E-state index is -0.668. The first-order chi connectivity index (χ1) is 24.2. The summed E-state index contributed by atoms with van der Waals surface area (Å²) >= 11 is 0. The summed E-state index contributed by atoms with van der Waals surface area (Å²) in [6.45, 7) is 28.3. The summed E-state index contributed by atoms with van der Waals surface area (Å²) in [6.07, 6.45) is 11.6. The van der Waals surface area contributed by atoms with Crippen LogP contribution in [0.15, 0.2) is 11.6 Å². The largest absolute Gasteiger partial charge is 0.393 e. The lowest BCUT2D eigenvalue weighted by molar-refractivity contribution is -0.246. The maximum Gasteiger partial charge on any atom is 0.242 e. The van der Waals surface area contributed by atoms with Crippen LogP contribution in [-0.4, -0.2) is 62.2 Å². The Morgan fingerprint density at radius 2 is 1.45 bits per heavy atom. The predicted octanol–water partition coefficient (Wildman–Crippen LogP) is 8.39. The van der Waals surface area contributed by atoms with Gasteiger partial charge in [-0.2, -0.15) is 5.06 Å². The van der Waals surface area contributed by atoms with Gasteiger partial charge in [-0.25, -0.2) is 0 Å². The molecule has 1 aliphatic heterocycles. The quantitative estimate of drug-likeness (QED) is 0.218. The predicted molar refractivity (Wildman–Crippen MR) is 210 cm³/mol. The standard InChI is InChI=1S/C45H75N3O5/c1-27(2)22-31(36(51)46-28-24-38(3,4)48(53)39(5,6)25-28)47-37(52)42(10)19-18-41(9)20-21-44(12)29(30(41)26-42)23-32(49)35-43(11)16-15-34(50)40(7,8)33(43)14-17-45(35,44)13/h23,27-28,30-31,33-35,50,53H,14-22,24-26H2,1-13H3,(H,46,51)(H,47,52)/t30-,31-,33-,34-,35+,41+,42-,43-,44+,45+/m0/s1. The Morgan fingerprint density at radius 3 is 2.06 bits per heavy atom. The smallest absolute Gasteiger partial charge is 0.242 e. The summed E-state index contributed by atoms with van der Waals surface area (Å²) in [4.78, 5) is 43.4. The van der Waals surface area contributed by atoms with Crippen LogP contribution in [0.5, 0.6) is 0 Å². The van der Waals surface area contributed by atoms with E-state index in [9.17, 15) is 24.7 Å². The van der Waals surface area contributed by atoms with Crippen LogP contribution in [0.3, 0.4) is 0 Å². The van der Waals surface area contributed by atoms with Gasteiger partial charge in [0.1, 0.15) is 6.04 Å².